The average Bonchev–Trinajstić information content (AvgIpc) is 2.51. The third kappa shape index (κ3) is 10.3. The van der Waals surface area contributed by atoms with Crippen LogP contribution in [-0.2, 0) is 19.1 Å². The van der Waals surface area contributed by atoms with Crippen LogP contribution in [0.15, 0.2) is 0 Å². The standard InChI is InChI=1S/C17H32O6/c1-3-5-11-22-13-9-17(16(20)21,8-7-15(18)19)10-14-23-12-6-4-2/h3-14H2,1-2H3,(H,18,19)(H,20,21). The number of aliphatic carboxylic acids is 2. The van der Waals surface area contributed by atoms with Gasteiger partial charge in [0.25, 0.3) is 0 Å². The van der Waals surface area contributed by atoms with Crippen molar-refractivity contribution in [3.8, 4) is 0 Å². The highest BCUT2D eigenvalue weighted by Gasteiger charge is 2.38. The molecule has 0 atom stereocenters. The lowest BCUT2D eigenvalue weighted by molar-refractivity contribution is -0.153. The summed E-state index contributed by atoms with van der Waals surface area (Å²) in [5, 5.41) is 18.5. The van der Waals surface area contributed by atoms with E-state index in [-0.39, 0.29) is 12.8 Å². The molecule has 0 rings (SSSR count). The van der Waals surface area contributed by atoms with E-state index >= 15 is 0 Å². The van der Waals surface area contributed by atoms with Crippen LogP contribution in [0.1, 0.15) is 65.2 Å². The molecule has 0 aliphatic rings. The fraction of sp³-hybridized carbons (Fsp3) is 0.882. The van der Waals surface area contributed by atoms with Crippen molar-refractivity contribution >= 4 is 11.9 Å². The van der Waals surface area contributed by atoms with Gasteiger partial charge in [-0.05, 0) is 32.1 Å². The molecule has 0 heterocycles. The zero-order valence-corrected chi connectivity index (χ0v) is 14.5. The van der Waals surface area contributed by atoms with Crippen LogP contribution >= 0.6 is 0 Å². The lowest BCUT2D eigenvalue weighted by Crippen LogP contribution is -2.34. The van der Waals surface area contributed by atoms with Crippen LogP contribution in [-0.4, -0.2) is 48.6 Å². The zero-order chi connectivity index (χ0) is 17.6. The molecule has 23 heavy (non-hydrogen) atoms. The molecule has 0 aromatic heterocycles. The molecule has 6 heteroatoms. The normalized spacial score (nSPS) is 11.6. The van der Waals surface area contributed by atoms with Crippen molar-refractivity contribution < 1.29 is 29.3 Å². The van der Waals surface area contributed by atoms with E-state index in [2.05, 4.69) is 13.8 Å². The number of unbranched alkanes of at least 4 members (excludes halogenated alkanes) is 2. The predicted octanol–water partition coefficient (Wildman–Crippen LogP) is 3.34. The number of ether oxygens (including phenoxy) is 2. The van der Waals surface area contributed by atoms with E-state index in [0.717, 1.165) is 25.7 Å². The molecule has 0 unspecified atom stereocenters. The third-order valence-corrected chi connectivity index (χ3v) is 4.01. The van der Waals surface area contributed by atoms with Gasteiger partial charge in [-0.25, -0.2) is 0 Å². The van der Waals surface area contributed by atoms with Gasteiger partial charge in [-0.15, -0.1) is 0 Å². The summed E-state index contributed by atoms with van der Waals surface area (Å²) in [6.07, 6.45) is 4.50. The topological polar surface area (TPSA) is 93.1 Å². The van der Waals surface area contributed by atoms with Crippen LogP contribution in [0.25, 0.3) is 0 Å². The summed E-state index contributed by atoms with van der Waals surface area (Å²) in [5.74, 6) is -1.94. The SMILES string of the molecule is CCCCOCCC(CCOCCCC)(CCC(=O)O)C(=O)O. The number of carboxylic acids is 2. The lowest BCUT2D eigenvalue weighted by atomic mass is 9.77. The van der Waals surface area contributed by atoms with Crippen molar-refractivity contribution in [1.29, 1.82) is 0 Å². The highest BCUT2D eigenvalue weighted by Crippen LogP contribution is 2.33. The summed E-state index contributed by atoms with van der Waals surface area (Å²) in [6.45, 7) is 6.01. The fourth-order valence-corrected chi connectivity index (χ4v) is 2.27. The van der Waals surface area contributed by atoms with Gasteiger partial charge in [0, 0.05) is 32.8 Å². The van der Waals surface area contributed by atoms with Crippen LogP contribution in [0.3, 0.4) is 0 Å². The average molecular weight is 332 g/mol. The maximum atomic E-state index is 11.8. The molecule has 6 nitrogen and oxygen atoms in total. The van der Waals surface area contributed by atoms with Crippen molar-refractivity contribution in [3.63, 3.8) is 0 Å². The van der Waals surface area contributed by atoms with Crippen molar-refractivity contribution in [2.45, 2.75) is 65.2 Å². The van der Waals surface area contributed by atoms with Crippen molar-refractivity contribution in [2.75, 3.05) is 26.4 Å². The van der Waals surface area contributed by atoms with Gasteiger partial charge >= 0.3 is 11.9 Å². The lowest BCUT2D eigenvalue weighted by Gasteiger charge is -2.29. The van der Waals surface area contributed by atoms with E-state index in [0.29, 0.717) is 39.3 Å². The number of hydrogen-bond donors (Lipinski definition) is 2. The Labute approximate surface area is 139 Å². The summed E-state index contributed by atoms with van der Waals surface area (Å²) in [5.41, 5.74) is -1.09. The zero-order valence-electron chi connectivity index (χ0n) is 14.5. The molecule has 0 aromatic rings. The molecule has 0 amide bonds. The minimum absolute atomic E-state index is 0.103. The highest BCUT2D eigenvalue weighted by atomic mass is 16.5. The Kier molecular flexibility index (Phi) is 12.7. The van der Waals surface area contributed by atoms with Crippen molar-refractivity contribution in [1.82, 2.24) is 0 Å². The molecule has 136 valence electrons. The highest BCUT2D eigenvalue weighted by molar-refractivity contribution is 5.76. The van der Waals surface area contributed by atoms with Crippen LogP contribution in [0.4, 0.5) is 0 Å². The Morgan fingerprint density at radius 3 is 1.65 bits per heavy atom. The van der Waals surface area contributed by atoms with Crippen molar-refractivity contribution in [3.05, 3.63) is 0 Å². The van der Waals surface area contributed by atoms with Crippen LogP contribution in [0, 0.1) is 5.41 Å². The first-order chi connectivity index (χ1) is 11.0. The van der Waals surface area contributed by atoms with E-state index in [1.165, 1.54) is 0 Å². The minimum atomic E-state index is -1.09. The van der Waals surface area contributed by atoms with Crippen LogP contribution < -0.4 is 0 Å². The molecule has 0 aliphatic carbocycles. The second-order valence-electron chi connectivity index (χ2n) is 5.91. The third-order valence-electron chi connectivity index (χ3n) is 4.01. The largest absolute Gasteiger partial charge is 0.481 e. The molecule has 2 N–H and O–H groups in total. The first-order valence-electron chi connectivity index (χ1n) is 8.59. The van der Waals surface area contributed by atoms with Crippen molar-refractivity contribution in [2.24, 2.45) is 5.41 Å². The number of carboxylic acid groups (broad SMARTS) is 2. The van der Waals surface area contributed by atoms with Gasteiger partial charge in [-0.1, -0.05) is 26.7 Å². The molecule has 0 spiro atoms. The molecular weight excluding hydrogens is 300 g/mol. The number of rotatable bonds is 16. The molecular formula is C17H32O6. The Morgan fingerprint density at radius 1 is 0.826 bits per heavy atom. The number of carbonyl (C=O) groups is 2. The Bertz CT molecular complexity index is 315. The summed E-state index contributed by atoms with van der Waals surface area (Å²) in [4.78, 5) is 22.6. The molecule has 0 saturated carbocycles. The monoisotopic (exact) mass is 332 g/mol. The molecule has 0 radical (unpaired) electrons. The van der Waals surface area contributed by atoms with E-state index in [1.54, 1.807) is 0 Å². The van der Waals surface area contributed by atoms with Crippen LogP contribution in [0.5, 0.6) is 0 Å². The van der Waals surface area contributed by atoms with Crippen LogP contribution in [0.2, 0.25) is 0 Å². The van der Waals surface area contributed by atoms with Gasteiger partial charge in [-0.3, -0.25) is 9.59 Å². The second-order valence-corrected chi connectivity index (χ2v) is 5.91. The van der Waals surface area contributed by atoms with Gasteiger partial charge in [0.1, 0.15) is 0 Å². The van der Waals surface area contributed by atoms with E-state index in [9.17, 15) is 14.7 Å². The maximum Gasteiger partial charge on any atom is 0.309 e. The summed E-state index contributed by atoms with van der Waals surface area (Å²) in [6, 6.07) is 0. The second kappa shape index (κ2) is 13.3. The van der Waals surface area contributed by atoms with Gasteiger partial charge in [0.15, 0.2) is 0 Å². The minimum Gasteiger partial charge on any atom is -0.481 e. The Balaban J connectivity index is 4.55. The first kappa shape index (κ1) is 21.9. The van der Waals surface area contributed by atoms with Gasteiger partial charge in [-0.2, -0.15) is 0 Å². The molecule has 0 aliphatic heterocycles. The molecule has 0 fully saturated rings. The Hall–Kier alpha value is -1.14. The van der Waals surface area contributed by atoms with Gasteiger partial charge in [0.2, 0.25) is 0 Å². The molecule has 0 bridgehead atoms. The summed E-state index contributed by atoms with van der Waals surface area (Å²) >= 11 is 0. The van der Waals surface area contributed by atoms with E-state index in [1.807, 2.05) is 0 Å². The predicted molar refractivity (Wildman–Crippen MR) is 87.6 cm³/mol. The summed E-state index contributed by atoms with van der Waals surface area (Å²) < 4.78 is 11.0. The maximum absolute atomic E-state index is 11.8. The quantitative estimate of drug-likeness (QED) is 0.421. The van der Waals surface area contributed by atoms with Gasteiger partial charge in [0.05, 0.1) is 5.41 Å². The van der Waals surface area contributed by atoms with E-state index < -0.39 is 17.4 Å². The summed E-state index contributed by atoms with van der Waals surface area (Å²) in [7, 11) is 0. The van der Waals surface area contributed by atoms with Gasteiger partial charge < -0.3 is 19.7 Å². The fourth-order valence-electron chi connectivity index (χ4n) is 2.27. The molecule has 0 aromatic carbocycles. The smallest absolute Gasteiger partial charge is 0.309 e. The first-order valence-corrected chi connectivity index (χ1v) is 8.59. The number of hydrogen-bond acceptors (Lipinski definition) is 4. The molecule has 0 saturated heterocycles. The van der Waals surface area contributed by atoms with E-state index in [4.69, 9.17) is 14.6 Å². The Morgan fingerprint density at radius 2 is 1.30 bits per heavy atom.